The fraction of sp³-hybridized carbons (Fsp3) is 0.455. The molecule has 7 heteroatoms. The van der Waals surface area contributed by atoms with Crippen LogP contribution >= 0.6 is 23.3 Å². The van der Waals surface area contributed by atoms with E-state index in [4.69, 9.17) is 4.74 Å². The van der Waals surface area contributed by atoms with E-state index < -0.39 is 0 Å². The molecule has 1 aliphatic heterocycles. The van der Waals surface area contributed by atoms with Gasteiger partial charge in [0.2, 0.25) is 5.88 Å². The number of nitrogens with zero attached hydrogens (tertiary/aromatic N) is 3. The molecule has 2 aromatic rings. The van der Waals surface area contributed by atoms with Gasteiger partial charge >= 0.3 is 0 Å². The van der Waals surface area contributed by atoms with Crippen LogP contribution in [0.25, 0.3) is 10.2 Å². The predicted octanol–water partition coefficient (Wildman–Crippen LogP) is 1.61. The van der Waals surface area contributed by atoms with E-state index in [1.807, 2.05) is 0 Å². The van der Waals surface area contributed by atoms with Gasteiger partial charge in [0.1, 0.15) is 16.5 Å². The molecule has 2 aromatic heterocycles. The monoisotopic (exact) mass is 282 g/mol. The Morgan fingerprint density at radius 3 is 3.00 bits per heavy atom. The summed E-state index contributed by atoms with van der Waals surface area (Å²) >= 11 is 3.42. The fourth-order valence-corrected chi connectivity index (χ4v) is 4.01. The van der Waals surface area contributed by atoms with Gasteiger partial charge in [-0.25, -0.2) is 14.3 Å². The summed E-state index contributed by atoms with van der Waals surface area (Å²) in [5.41, 5.74) is 0.996. The van der Waals surface area contributed by atoms with Gasteiger partial charge in [-0.2, -0.15) is 0 Å². The van der Waals surface area contributed by atoms with E-state index in [0.717, 1.165) is 36.4 Å². The Bertz CT molecular complexity index is 539. The van der Waals surface area contributed by atoms with Crippen molar-refractivity contribution in [1.29, 1.82) is 0 Å². The van der Waals surface area contributed by atoms with Gasteiger partial charge in [0.05, 0.1) is 12.0 Å². The van der Waals surface area contributed by atoms with E-state index >= 15 is 0 Å². The van der Waals surface area contributed by atoms with Crippen LogP contribution in [-0.4, -0.2) is 47.6 Å². The molecule has 1 fully saturated rings. The zero-order valence-electron chi connectivity index (χ0n) is 10.0. The van der Waals surface area contributed by atoms with Crippen LogP contribution in [-0.2, 0) is 0 Å². The zero-order valence-corrected chi connectivity index (χ0v) is 11.7. The summed E-state index contributed by atoms with van der Waals surface area (Å²) in [7, 11) is 1.64. The summed E-state index contributed by atoms with van der Waals surface area (Å²) in [5, 5.41) is 5.49. The van der Waals surface area contributed by atoms with Gasteiger partial charge in [-0.1, -0.05) is 0 Å². The van der Waals surface area contributed by atoms with Crippen molar-refractivity contribution in [2.75, 3.05) is 33.3 Å². The Morgan fingerprint density at radius 2 is 2.22 bits per heavy atom. The number of thiophene rings is 1. The first-order valence-electron chi connectivity index (χ1n) is 5.78. The lowest BCUT2D eigenvalue weighted by Crippen LogP contribution is -2.39. The minimum atomic E-state index is 0.664. The quantitative estimate of drug-likeness (QED) is 0.863. The number of rotatable bonds is 3. The molecule has 18 heavy (non-hydrogen) atoms. The zero-order chi connectivity index (χ0) is 12.4. The highest BCUT2D eigenvalue weighted by Gasteiger charge is 2.16. The SMILES string of the molecule is COc1ncnc2c(SN3CCNCC3)csc12. The number of piperazine rings is 1. The molecule has 0 amide bonds. The average molecular weight is 282 g/mol. The summed E-state index contributed by atoms with van der Waals surface area (Å²) in [5.74, 6) is 0.664. The first kappa shape index (κ1) is 12.2. The minimum Gasteiger partial charge on any atom is -0.480 e. The molecule has 0 radical (unpaired) electrons. The first-order chi connectivity index (χ1) is 8.88. The van der Waals surface area contributed by atoms with Gasteiger partial charge in [-0.15, -0.1) is 11.3 Å². The van der Waals surface area contributed by atoms with Gasteiger partial charge in [0.15, 0.2) is 0 Å². The molecule has 0 saturated carbocycles. The van der Waals surface area contributed by atoms with Gasteiger partial charge in [-0.05, 0) is 11.9 Å². The van der Waals surface area contributed by atoms with Crippen molar-refractivity contribution >= 4 is 33.5 Å². The Labute approximate surface area is 114 Å². The third-order valence-corrected chi connectivity index (χ3v) is 5.02. The van der Waals surface area contributed by atoms with Crippen molar-refractivity contribution in [3.05, 3.63) is 11.7 Å². The highest BCUT2D eigenvalue weighted by molar-refractivity contribution is 7.97. The van der Waals surface area contributed by atoms with E-state index in [0.29, 0.717) is 5.88 Å². The molecule has 1 N–H and O–H groups in total. The lowest BCUT2D eigenvalue weighted by atomic mass is 10.4. The molecule has 0 atom stereocenters. The van der Waals surface area contributed by atoms with Crippen LogP contribution in [0.4, 0.5) is 0 Å². The second-order valence-electron chi connectivity index (χ2n) is 3.93. The summed E-state index contributed by atoms with van der Waals surface area (Å²) in [6, 6.07) is 0. The number of aromatic nitrogens is 2. The fourth-order valence-electron chi connectivity index (χ4n) is 1.89. The highest BCUT2D eigenvalue weighted by Crippen LogP contribution is 2.37. The molecule has 3 rings (SSSR count). The van der Waals surface area contributed by atoms with E-state index in [1.165, 1.54) is 4.90 Å². The van der Waals surface area contributed by atoms with Crippen molar-refractivity contribution in [3.63, 3.8) is 0 Å². The normalized spacial score (nSPS) is 17.2. The minimum absolute atomic E-state index is 0.664. The molecule has 3 heterocycles. The van der Waals surface area contributed by atoms with Crippen molar-refractivity contribution < 1.29 is 4.74 Å². The van der Waals surface area contributed by atoms with Crippen molar-refractivity contribution in [2.24, 2.45) is 0 Å². The van der Waals surface area contributed by atoms with Crippen LogP contribution in [0, 0.1) is 0 Å². The average Bonchev–Trinajstić information content (AvgIpc) is 2.83. The molecule has 0 spiro atoms. The summed E-state index contributed by atoms with van der Waals surface area (Å²) in [6.45, 7) is 4.22. The van der Waals surface area contributed by atoms with Crippen LogP contribution in [0.5, 0.6) is 5.88 Å². The molecule has 0 bridgehead atoms. The van der Waals surface area contributed by atoms with Gasteiger partial charge in [0.25, 0.3) is 0 Å². The number of ether oxygens (including phenoxy) is 1. The topological polar surface area (TPSA) is 50.3 Å². The van der Waals surface area contributed by atoms with Crippen LogP contribution < -0.4 is 10.1 Å². The van der Waals surface area contributed by atoms with Crippen molar-refractivity contribution in [2.45, 2.75) is 4.90 Å². The number of nitrogens with one attached hydrogen (secondary N) is 1. The Morgan fingerprint density at radius 1 is 1.39 bits per heavy atom. The first-order valence-corrected chi connectivity index (χ1v) is 7.43. The second kappa shape index (κ2) is 5.40. The molecule has 96 valence electrons. The Kier molecular flexibility index (Phi) is 3.64. The molecule has 5 nitrogen and oxygen atoms in total. The molecule has 0 aliphatic carbocycles. The summed E-state index contributed by atoms with van der Waals surface area (Å²) in [6.07, 6.45) is 1.57. The number of hydrogen-bond acceptors (Lipinski definition) is 7. The van der Waals surface area contributed by atoms with E-state index in [1.54, 1.807) is 36.7 Å². The van der Waals surface area contributed by atoms with E-state index in [2.05, 4.69) is 25.0 Å². The molecular weight excluding hydrogens is 268 g/mol. The number of methoxy groups -OCH3 is 1. The van der Waals surface area contributed by atoms with Crippen LogP contribution in [0.1, 0.15) is 0 Å². The smallest absolute Gasteiger partial charge is 0.234 e. The van der Waals surface area contributed by atoms with E-state index in [-0.39, 0.29) is 0 Å². The van der Waals surface area contributed by atoms with E-state index in [9.17, 15) is 0 Å². The number of fused-ring (bicyclic) bond motifs is 1. The standard InChI is InChI=1S/C11H14N4OS2/c1-16-11-10-9(13-7-14-11)8(6-17-10)18-15-4-2-12-3-5-15/h6-7,12H,2-5H2,1H3. The maximum Gasteiger partial charge on any atom is 0.234 e. The predicted molar refractivity (Wildman–Crippen MR) is 74.3 cm³/mol. The molecular formula is C11H14N4OS2. The third-order valence-electron chi connectivity index (χ3n) is 2.79. The largest absolute Gasteiger partial charge is 0.480 e. The summed E-state index contributed by atoms with van der Waals surface area (Å²) < 4.78 is 8.65. The lowest BCUT2D eigenvalue weighted by molar-refractivity contribution is 0.396. The third kappa shape index (κ3) is 2.31. The summed E-state index contributed by atoms with van der Waals surface area (Å²) in [4.78, 5) is 9.69. The number of hydrogen-bond donors (Lipinski definition) is 1. The van der Waals surface area contributed by atoms with Crippen LogP contribution in [0.2, 0.25) is 0 Å². The van der Waals surface area contributed by atoms with Crippen molar-refractivity contribution in [3.8, 4) is 5.88 Å². The van der Waals surface area contributed by atoms with Gasteiger partial charge in [-0.3, -0.25) is 0 Å². The maximum atomic E-state index is 5.26. The second-order valence-corrected chi connectivity index (χ2v) is 5.95. The van der Waals surface area contributed by atoms with Crippen LogP contribution in [0.15, 0.2) is 16.6 Å². The lowest BCUT2D eigenvalue weighted by Gasteiger charge is -2.25. The molecule has 0 unspecified atom stereocenters. The highest BCUT2D eigenvalue weighted by atomic mass is 32.2. The maximum absolute atomic E-state index is 5.26. The molecule has 1 saturated heterocycles. The Balaban J connectivity index is 1.88. The van der Waals surface area contributed by atoms with Crippen molar-refractivity contribution in [1.82, 2.24) is 19.6 Å². The molecule has 0 aromatic carbocycles. The Hall–Kier alpha value is -0.890. The van der Waals surface area contributed by atoms with Gasteiger partial charge in [0, 0.05) is 31.6 Å². The van der Waals surface area contributed by atoms with Gasteiger partial charge < -0.3 is 10.1 Å². The van der Waals surface area contributed by atoms with Crippen LogP contribution in [0.3, 0.4) is 0 Å². The molecule has 1 aliphatic rings.